The van der Waals surface area contributed by atoms with E-state index in [1.807, 2.05) is 18.2 Å². The van der Waals surface area contributed by atoms with E-state index in [4.69, 9.17) is 0 Å². The van der Waals surface area contributed by atoms with Gasteiger partial charge in [-0.25, -0.2) is 4.98 Å². The summed E-state index contributed by atoms with van der Waals surface area (Å²) < 4.78 is 0.768. The third kappa shape index (κ3) is 3.28. The minimum absolute atomic E-state index is 0.0940. The molecule has 0 saturated carbocycles. The summed E-state index contributed by atoms with van der Waals surface area (Å²) in [6.45, 7) is 0. The number of halogens is 1. The Morgan fingerprint density at radius 2 is 1.88 bits per heavy atom. The van der Waals surface area contributed by atoms with Gasteiger partial charge in [0.15, 0.2) is 0 Å². The van der Waals surface area contributed by atoms with Gasteiger partial charge in [0.05, 0.1) is 4.92 Å². The number of non-ortho nitro benzene ring substituents is 1. The van der Waals surface area contributed by atoms with Gasteiger partial charge in [0.2, 0.25) is 0 Å². The van der Waals surface area contributed by atoms with Crippen LogP contribution in [0, 0.1) is 10.1 Å². The predicted octanol–water partition coefficient (Wildman–Crippen LogP) is 3.90. The zero-order valence-electron chi connectivity index (χ0n) is 8.54. The molecule has 1 aromatic heterocycles. The van der Waals surface area contributed by atoms with Crippen LogP contribution < -0.4 is 0 Å². The van der Waals surface area contributed by atoms with Crippen molar-refractivity contribution < 1.29 is 4.92 Å². The van der Waals surface area contributed by atoms with Gasteiger partial charge in [-0.15, -0.1) is 0 Å². The molecule has 0 spiro atoms. The van der Waals surface area contributed by atoms with Gasteiger partial charge >= 0.3 is 0 Å². The van der Waals surface area contributed by atoms with Crippen LogP contribution in [0.5, 0.6) is 0 Å². The van der Waals surface area contributed by atoms with Crippen LogP contribution in [0.25, 0.3) is 0 Å². The van der Waals surface area contributed by atoms with Crippen molar-refractivity contribution in [3.63, 3.8) is 0 Å². The minimum Gasteiger partial charge on any atom is -0.258 e. The SMILES string of the molecule is O=[N+]([O-])c1ccc(Sc2cccc(Br)n2)cc1. The zero-order chi connectivity index (χ0) is 12.3. The number of pyridine rings is 1. The molecule has 86 valence electrons. The van der Waals surface area contributed by atoms with E-state index in [-0.39, 0.29) is 5.69 Å². The van der Waals surface area contributed by atoms with E-state index >= 15 is 0 Å². The third-order valence-electron chi connectivity index (χ3n) is 1.96. The molecule has 0 unspecified atom stereocenters. The molecule has 0 aliphatic rings. The van der Waals surface area contributed by atoms with Crippen LogP contribution in [0.3, 0.4) is 0 Å². The molecule has 0 N–H and O–H groups in total. The van der Waals surface area contributed by atoms with Crippen LogP contribution in [0.4, 0.5) is 5.69 Å². The molecule has 0 bridgehead atoms. The summed E-state index contributed by atoms with van der Waals surface area (Å²) in [5, 5.41) is 11.3. The summed E-state index contributed by atoms with van der Waals surface area (Å²) in [6.07, 6.45) is 0. The first-order valence-electron chi connectivity index (χ1n) is 4.70. The average molecular weight is 311 g/mol. The molecular formula is C11H7BrN2O2S. The van der Waals surface area contributed by atoms with Gasteiger partial charge in [0.1, 0.15) is 9.63 Å². The largest absolute Gasteiger partial charge is 0.269 e. The molecule has 0 atom stereocenters. The molecule has 0 radical (unpaired) electrons. The molecule has 4 nitrogen and oxygen atoms in total. The lowest BCUT2D eigenvalue weighted by atomic mass is 10.3. The fourth-order valence-electron chi connectivity index (χ4n) is 1.20. The molecule has 2 rings (SSSR count). The van der Waals surface area contributed by atoms with Crippen LogP contribution in [0.2, 0.25) is 0 Å². The van der Waals surface area contributed by atoms with E-state index in [0.717, 1.165) is 14.5 Å². The number of rotatable bonds is 3. The quantitative estimate of drug-likeness (QED) is 0.490. The molecule has 0 aliphatic heterocycles. The van der Waals surface area contributed by atoms with E-state index in [0.29, 0.717) is 0 Å². The smallest absolute Gasteiger partial charge is 0.258 e. The number of nitro benzene ring substituents is 1. The van der Waals surface area contributed by atoms with Gasteiger partial charge < -0.3 is 0 Å². The molecule has 17 heavy (non-hydrogen) atoms. The average Bonchev–Trinajstić information content (AvgIpc) is 2.29. The van der Waals surface area contributed by atoms with E-state index in [9.17, 15) is 10.1 Å². The topological polar surface area (TPSA) is 56.0 Å². The van der Waals surface area contributed by atoms with Crippen LogP contribution in [-0.2, 0) is 0 Å². The molecule has 1 heterocycles. The second-order valence-corrected chi connectivity index (χ2v) is 5.06. The highest BCUT2D eigenvalue weighted by Crippen LogP contribution is 2.28. The fourth-order valence-corrected chi connectivity index (χ4v) is 2.47. The maximum Gasteiger partial charge on any atom is 0.269 e. The van der Waals surface area contributed by atoms with E-state index in [1.165, 1.54) is 23.9 Å². The van der Waals surface area contributed by atoms with Crippen molar-refractivity contribution in [3.05, 3.63) is 57.2 Å². The van der Waals surface area contributed by atoms with Gasteiger partial charge in [-0.2, -0.15) is 0 Å². The van der Waals surface area contributed by atoms with Crippen molar-refractivity contribution in [3.8, 4) is 0 Å². The van der Waals surface area contributed by atoms with Crippen LogP contribution >= 0.6 is 27.7 Å². The van der Waals surface area contributed by atoms with Crippen molar-refractivity contribution in [2.45, 2.75) is 9.92 Å². The Hall–Kier alpha value is -1.40. The Balaban J connectivity index is 2.16. The lowest BCUT2D eigenvalue weighted by molar-refractivity contribution is -0.384. The first-order valence-corrected chi connectivity index (χ1v) is 6.31. The maximum absolute atomic E-state index is 10.5. The van der Waals surface area contributed by atoms with E-state index < -0.39 is 4.92 Å². The molecule has 0 saturated heterocycles. The minimum atomic E-state index is -0.411. The first kappa shape index (κ1) is 12.1. The fraction of sp³-hybridized carbons (Fsp3) is 0. The Morgan fingerprint density at radius 1 is 1.18 bits per heavy atom. The predicted molar refractivity (Wildman–Crippen MR) is 69.2 cm³/mol. The number of hydrogen-bond acceptors (Lipinski definition) is 4. The number of hydrogen-bond donors (Lipinski definition) is 0. The van der Waals surface area contributed by atoms with Crippen LogP contribution in [-0.4, -0.2) is 9.91 Å². The summed E-state index contributed by atoms with van der Waals surface area (Å²) in [5.41, 5.74) is 0.0940. The van der Waals surface area contributed by atoms with Crippen LogP contribution in [0.1, 0.15) is 0 Å². The van der Waals surface area contributed by atoms with Crippen LogP contribution in [0.15, 0.2) is 57.0 Å². The highest BCUT2D eigenvalue weighted by atomic mass is 79.9. The second kappa shape index (κ2) is 5.29. The van der Waals surface area contributed by atoms with Crippen molar-refractivity contribution >= 4 is 33.4 Å². The number of aromatic nitrogens is 1. The Bertz CT molecular complexity index is 545. The highest BCUT2D eigenvalue weighted by Gasteiger charge is 2.05. The third-order valence-corrected chi connectivity index (χ3v) is 3.35. The second-order valence-electron chi connectivity index (χ2n) is 3.15. The molecule has 1 aromatic carbocycles. The lowest BCUT2D eigenvalue weighted by Gasteiger charge is -2.00. The summed E-state index contributed by atoms with van der Waals surface area (Å²) in [6, 6.07) is 12.0. The molecule has 2 aromatic rings. The van der Waals surface area contributed by atoms with Crippen molar-refractivity contribution in [2.24, 2.45) is 0 Å². The van der Waals surface area contributed by atoms with E-state index in [2.05, 4.69) is 20.9 Å². The Kier molecular flexibility index (Phi) is 3.75. The van der Waals surface area contributed by atoms with Gasteiger partial charge in [-0.1, -0.05) is 17.8 Å². The number of benzene rings is 1. The monoisotopic (exact) mass is 310 g/mol. The van der Waals surface area contributed by atoms with Gasteiger partial charge in [-0.3, -0.25) is 10.1 Å². The van der Waals surface area contributed by atoms with Gasteiger partial charge in [0.25, 0.3) is 5.69 Å². The van der Waals surface area contributed by atoms with Crippen molar-refractivity contribution in [1.82, 2.24) is 4.98 Å². The Morgan fingerprint density at radius 3 is 2.47 bits per heavy atom. The number of nitro groups is 1. The zero-order valence-corrected chi connectivity index (χ0v) is 10.9. The molecule has 0 aliphatic carbocycles. The molecular weight excluding hydrogens is 304 g/mol. The number of nitrogens with zero attached hydrogens (tertiary/aromatic N) is 2. The lowest BCUT2D eigenvalue weighted by Crippen LogP contribution is -1.86. The summed E-state index contributed by atoms with van der Waals surface area (Å²) in [5.74, 6) is 0. The first-order chi connectivity index (χ1) is 8.15. The summed E-state index contributed by atoms with van der Waals surface area (Å²) in [4.78, 5) is 15.3. The standard InChI is InChI=1S/C11H7BrN2O2S/c12-10-2-1-3-11(13-10)17-9-6-4-8(5-7-9)14(15)16/h1-7H. The maximum atomic E-state index is 10.5. The summed E-state index contributed by atoms with van der Waals surface area (Å²) in [7, 11) is 0. The summed E-state index contributed by atoms with van der Waals surface area (Å²) >= 11 is 4.75. The normalized spacial score (nSPS) is 10.2. The molecule has 0 fully saturated rings. The Labute approximate surface area is 110 Å². The van der Waals surface area contributed by atoms with Crippen molar-refractivity contribution in [1.29, 1.82) is 0 Å². The van der Waals surface area contributed by atoms with Gasteiger partial charge in [0, 0.05) is 17.0 Å². The van der Waals surface area contributed by atoms with E-state index in [1.54, 1.807) is 12.1 Å². The van der Waals surface area contributed by atoms with Gasteiger partial charge in [-0.05, 0) is 40.2 Å². The highest BCUT2D eigenvalue weighted by molar-refractivity contribution is 9.10. The molecule has 6 heteroatoms. The van der Waals surface area contributed by atoms with Crippen molar-refractivity contribution in [2.75, 3.05) is 0 Å². The molecule has 0 amide bonds.